The molecule has 0 aliphatic rings. The number of hydrogen-bond acceptors (Lipinski definition) is 2. The molecule has 6 heteroatoms. The molecule has 2 N–H and O–H groups in total. The zero-order chi connectivity index (χ0) is 15.4. The number of carbonyl (C=O) groups excluding carboxylic acids is 1. The average molecular weight is 308 g/mol. The highest BCUT2D eigenvalue weighted by molar-refractivity contribution is 6.31. The summed E-state index contributed by atoms with van der Waals surface area (Å²) >= 11 is 5.94. The zero-order valence-corrected chi connectivity index (χ0v) is 11.5. The SMILES string of the molecule is O=C(N[C@@H](C(=O)O)c1ccccc1Cl)c1ccccc1F. The van der Waals surface area contributed by atoms with E-state index in [0.717, 1.165) is 6.07 Å². The number of nitrogens with one attached hydrogen (secondary N) is 1. The third kappa shape index (κ3) is 3.38. The summed E-state index contributed by atoms with van der Waals surface area (Å²) in [5.74, 6) is -2.83. The van der Waals surface area contributed by atoms with Crippen LogP contribution in [-0.4, -0.2) is 17.0 Å². The van der Waals surface area contributed by atoms with Gasteiger partial charge in [-0.05, 0) is 18.2 Å². The lowest BCUT2D eigenvalue weighted by Crippen LogP contribution is -2.34. The molecule has 0 saturated heterocycles. The van der Waals surface area contributed by atoms with Crippen LogP contribution in [0.2, 0.25) is 5.02 Å². The summed E-state index contributed by atoms with van der Waals surface area (Å²) in [6.45, 7) is 0. The Hall–Kier alpha value is -2.40. The van der Waals surface area contributed by atoms with E-state index in [0.29, 0.717) is 0 Å². The molecule has 0 aliphatic heterocycles. The van der Waals surface area contributed by atoms with Crippen molar-refractivity contribution in [1.82, 2.24) is 5.32 Å². The summed E-state index contributed by atoms with van der Waals surface area (Å²) in [5.41, 5.74) is 0.00663. The van der Waals surface area contributed by atoms with E-state index in [4.69, 9.17) is 11.6 Å². The largest absolute Gasteiger partial charge is 0.479 e. The highest BCUT2D eigenvalue weighted by atomic mass is 35.5. The van der Waals surface area contributed by atoms with Gasteiger partial charge in [0, 0.05) is 10.6 Å². The molecule has 0 saturated carbocycles. The third-order valence-corrected chi connectivity index (χ3v) is 3.20. The molecule has 0 aromatic heterocycles. The molecule has 4 nitrogen and oxygen atoms in total. The lowest BCUT2D eigenvalue weighted by molar-refractivity contribution is -0.139. The fraction of sp³-hybridized carbons (Fsp3) is 0.0667. The smallest absolute Gasteiger partial charge is 0.330 e. The minimum absolute atomic E-state index is 0.207. The van der Waals surface area contributed by atoms with Crippen LogP contribution in [0.4, 0.5) is 4.39 Å². The van der Waals surface area contributed by atoms with Crippen LogP contribution in [0, 0.1) is 5.82 Å². The fourth-order valence-electron chi connectivity index (χ4n) is 1.84. The number of amides is 1. The first-order chi connectivity index (χ1) is 10.0. The molecule has 1 atom stereocenters. The van der Waals surface area contributed by atoms with Crippen LogP contribution in [0.1, 0.15) is 22.0 Å². The summed E-state index contributed by atoms with van der Waals surface area (Å²) < 4.78 is 13.5. The third-order valence-electron chi connectivity index (χ3n) is 2.86. The van der Waals surface area contributed by atoms with E-state index in [9.17, 15) is 19.1 Å². The van der Waals surface area contributed by atoms with Crippen LogP contribution in [0.25, 0.3) is 0 Å². The van der Waals surface area contributed by atoms with Crippen LogP contribution in [0.5, 0.6) is 0 Å². The standard InChI is InChI=1S/C15H11ClFNO3/c16-11-7-3-1-5-9(11)13(15(20)21)18-14(19)10-6-2-4-8-12(10)17/h1-8,13H,(H,18,19)(H,20,21)/t13-/m1/s1. The van der Waals surface area contributed by atoms with Crippen LogP contribution >= 0.6 is 11.6 Å². The van der Waals surface area contributed by atoms with E-state index in [-0.39, 0.29) is 16.1 Å². The van der Waals surface area contributed by atoms with Gasteiger partial charge < -0.3 is 10.4 Å². The first-order valence-corrected chi connectivity index (χ1v) is 6.41. The molecule has 0 heterocycles. The highest BCUT2D eigenvalue weighted by Crippen LogP contribution is 2.23. The lowest BCUT2D eigenvalue weighted by atomic mass is 10.1. The van der Waals surface area contributed by atoms with Gasteiger partial charge in [0.05, 0.1) is 5.56 Å². The normalized spacial score (nSPS) is 11.7. The van der Waals surface area contributed by atoms with E-state index in [1.807, 2.05) is 0 Å². The minimum Gasteiger partial charge on any atom is -0.479 e. The summed E-state index contributed by atoms with van der Waals surface area (Å²) in [4.78, 5) is 23.3. The molecule has 2 aromatic rings. The monoisotopic (exact) mass is 307 g/mol. The van der Waals surface area contributed by atoms with E-state index in [1.54, 1.807) is 12.1 Å². The van der Waals surface area contributed by atoms with Crippen LogP contribution in [0.15, 0.2) is 48.5 Å². The highest BCUT2D eigenvalue weighted by Gasteiger charge is 2.25. The molecule has 0 aliphatic carbocycles. The summed E-state index contributed by atoms with van der Waals surface area (Å²) in [5, 5.41) is 11.7. The van der Waals surface area contributed by atoms with Crippen molar-refractivity contribution < 1.29 is 19.1 Å². The second-order valence-electron chi connectivity index (χ2n) is 4.25. The van der Waals surface area contributed by atoms with Crippen molar-refractivity contribution in [3.8, 4) is 0 Å². The van der Waals surface area contributed by atoms with Crippen molar-refractivity contribution in [3.63, 3.8) is 0 Å². The van der Waals surface area contributed by atoms with E-state index < -0.39 is 23.7 Å². The molecule has 0 unspecified atom stereocenters. The Morgan fingerprint density at radius 2 is 1.71 bits per heavy atom. The molecule has 0 radical (unpaired) electrons. The first-order valence-electron chi connectivity index (χ1n) is 6.03. The van der Waals surface area contributed by atoms with Gasteiger partial charge in [-0.3, -0.25) is 4.79 Å². The Morgan fingerprint density at radius 3 is 2.33 bits per heavy atom. The summed E-state index contributed by atoms with van der Waals surface area (Å²) in [7, 11) is 0. The maximum absolute atomic E-state index is 13.5. The number of halogens is 2. The van der Waals surface area contributed by atoms with E-state index >= 15 is 0 Å². The molecular formula is C15H11ClFNO3. The van der Waals surface area contributed by atoms with Gasteiger partial charge >= 0.3 is 5.97 Å². The zero-order valence-electron chi connectivity index (χ0n) is 10.7. The number of carboxylic acids is 1. The lowest BCUT2D eigenvalue weighted by Gasteiger charge is -2.16. The van der Waals surface area contributed by atoms with Crippen molar-refractivity contribution >= 4 is 23.5 Å². The Kier molecular flexibility index (Phi) is 4.55. The van der Waals surface area contributed by atoms with Gasteiger partial charge in [0.15, 0.2) is 6.04 Å². The molecule has 0 spiro atoms. The summed E-state index contributed by atoms with van der Waals surface area (Å²) in [6, 6.07) is 10.2. The molecule has 0 bridgehead atoms. The van der Waals surface area contributed by atoms with Gasteiger partial charge in [-0.1, -0.05) is 41.9 Å². The number of hydrogen-bond donors (Lipinski definition) is 2. The number of carbonyl (C=O) groups is 2. The average Bonchev–Trinajstić information content (AvgIpc) is 2.45. The van der Waals surface area contributed by atoms with Crippen LogP contribution in [-0.2, 0) is 4.79 Å². The number of carboxylic acid groups (broad SMARTS) is 1. The van der Waals surface area contributed by atoms with Crippen LogP contribution in [0.3, 0.4) is 0 Å². The second-order valence-corrected chi connectivity index (χ2v) is 4.65. The van der Waals surface area contributed by atoms with Gasteiger partial charge in [0.2, 0.25) is 0 Å². The van der Waals surface area contributed by atoms with Crippen molar-refractivity contribution in [2.75, 3.05) is 0 Å². The van der Waals surface area contributed by atoms with Crippen molar-refractivity contribution in [2.24, 2.45) is 0 Å². The van der Waals surface area contributed by atoms with Gasteiger partial charge in [0.25, 0.3) is 5.91 Å². The molecule has 1 amide bonds. The predicted molar refractivity (Wildman–Crippen MR) is 75.7 cm³/mol. The number of benzene rings is 2. The first kappa shape index (κ1) is 15.0. The molecular weight excluding hydrogens is 297 g/mol. The van der Waals surface area contributed by atoms with Crippen molar-refractivity contribution in [2.45, 2.75) is 6.04 Å². The topological polar surface area (TPSA) is 66.4 Å². The van der Waals surface area contributed by atoms with E-state index in [2.05, 4.69) is 5.32 Å². The predicted octanol–water partition coefficient (Wildman–Crippen LogP) is 3.03. The van der Waals surface area contributed by atoms with Crippen molar-refractivity contribution in [1.29, 1.82) is 0 Å². The van der Waals surface area contributed by atoms with Crippen LogP contribution < -0.4 is 5.32 Å². The van der Waals surface area contributed by atoms with Crippen molar-refractivity contribution in [3.05, 3.63) is 70.5 Å². The summed E-state index contributed by atoms with van der Waals surface area (Å²) in [6.07, 6.45) is 0. The molecule has 2 rings (SSSR count). The van der Waals surface area contributed by atoms with E-state index in [1.165, 1.54) is 30.3 Å². The van der Waals surface area contributed by atoms with Gasteiger partial charge in [-0.25, -0.2) is 9.18 Å². The maximum Gasteiger partial charge on any atom is 0.330 e. The van der Waals surface area contributed by atoms with Gasteiger partial charge in [0.1, 0.15) is 5.82 Å². The van der Waals surface area contributed by atoms with Gasteiger partial charge in [-0.15, -0.1) is 0 Å². The quantitative estimate of drug-likeness (QED) is 0.912. The Morgan fingerprint density at radius 1 is 1.10 bits per heavy atom. The maximum atomic E-state index is 13.5. The minimum atomic E-state index is -1.36. The molecule has 21 heavy (non-hydrogen) atoms. The molecule has 0 fully saturated rings. The second kappa shape index (κ2) is 6.37. The Balaban J connectivity index is 2.30. The number of aliphatic carboxylic acids is 1. The fourth-order valence-corrected chi connectivity index (χ4v) is 2.08. The molecule has 2 aromatic carbocycles. The number of rotatable bonds is 4. The molecule has 108 valence electrons. The van der Waals surface area contributed by atoms with Gasteiger partial charge in [-0.2, -0.15) is 0 Å². The Labute approximate surface area is 125 Å². The Bertz CT molecular complexity index is 690.